The van der Waals surface area contributed by atoms with E-state index in [1.807, 2.05) is 19.1 Å². The molecule has 1 heterocycles. The van der Waals surface area contributed by atoms with Crippen molar-refractivity contribution in [2.24, 2.45) is 5.92 Å². The molecule has 0 saturated carbocycles. The monoisotopic (exact) mass is 468 g/mol. The van der Waals surface area contributed by atoms with E-state index in [1.54, 1.807) is 6.08 Å². The van der Waals surface area contributed by atoms with Crippen LogP contribution in [0.2, 0.25) is 0 Å². The Hall–Kier alpha value is -2.71. The Balaban J connectivity index is 1.61. The van der Waals surface area contributed by atoms with Crippen molar-refractivity contribution >= 4 is 5.97 Å². The summed E-state index contributed by atoms with van der Waals surface area (Å²) < 4.78 is 22.7. The van der Waals surface area contributed by atoms with Crippen molar-refractivity contribution in [2.45, 2.75) is 32.0 Å². The van der Waals surface area contributed by atoms with Gasteiger partial charge in [-0.05, 0) is 53.7 Å². The largest absolute Gasteiger partial charge is 0.475 e. The third-order valence-corrected chi connectivity index (χ3v) is 6.38. The highest BCUT2D eigenvalue weighted by atomic mass is 16.7. The fourth-order valence-corrected chi connectivity index (χ4v) is 4.89. The van der Waals surface area contributed by atoms with E-state index in [-0.39, 0.29) is 24.2 Å². The maximum Gasteiger partial charge on any atom is 0.370 e. The van der Waals surface area contributed by atoms with Gasteiger partial charge < -0.3 is 29.2 Å². The number of benzene rings is 2. The Morgan fingerprint density at radius 3 is 2.56 bits per heavy atom. The highest BCUT2D eigenvalue weighted by molar-refractivity contribution is 5.85. The lowest BCUT2D eigenvalue weighted by Gasteiger charge is -2.37. The molecule has 0 radical (unpaired) electrons. The average Bonchev–Trinajstić information content (AvgIpc) is 3.23. The van der Waals surface area contributed by atoms with Crippen LogP contribution in [0.15, 0.2) is 54.3 Å². The second-order valence-electron chi connectivity index (χ2n) is 8.41. The highest BCUT2D eigenvalue weighted by Crippen LogP contribution is 2.45. The summed E-state index contributed by atoms with van der Waals surface area (Å²) in [6, 6.07) is 14.7. The molecule has 182 valence electrons. The molecule has 0 saturated heterocycles. The Labute approximate surface area is 199 Å². The molecule has 1 aliphatic carbocycles. The van der Waals surface area contributed by atoms with Crippen LogP contribution in [0.3, 0.4) is 0 Å². The standard InChI is InChI=1S/C27H32O7/c1-2-33-27-22(10-12-31-14-15-32-13-11-28)24(17-25(34-27)26(29)30)21-9-5-8-20-19-7-4-3-6-18(19)16-23(20)21/h3-9,17,22,24,27-28H,2,10-16H2,1H3,(H,29,30)/t22-,24+,27+/m0/s1. The van der Waals surface area contributed by atoms with Gasteiger partial charge in [-0.15, -0.1) is 0 Å². The molecule has 0 fully saturated rings. The topological polar surface area (TPSA) is 94.5 Å². The number of allylic oxidation sites excluding steroid dienone is 1. The van der Waals surface area contributed by atoms with E-state index in [0.717, 1.165) is 12.0 Å². The third-order valence-electron chi connectivity index (χ3n) is 6.38. The smallest absolute Gasteiger partial charge is 0.370 e. The second kappa shape index (κ2) is 11.6. The van der Waals surface area contributed by atoms with Gasteiger partial charge in [-0.25, -0.2) is 4.79 Å². The SMILES string of the molecule is CCO[C@@H]1OC(C(=O)O)=C[C@H](c2cccc3c2Cc2ccccc2-3)[C@@H]1CCOCCOCCO. The van der Waals surface area contributed by atoms with E-state index >= 15 is 0 Å². The summed E-state index contributed by atoms with van der Waals surface area (Å²) in [6.07, 6.45) is 2.50. The molecule has 7 nitrogen and oxygen atoms in total. The van der Waals surface area contributed by atoms with E-state index in [9.17, 15) is 9.90 Å². The third kappa shape index (κ3) is 5.33. The van der Waals surface area contributed by atoms with Crippen molar-refractivity contribution in [2.75, 3.05) is 39.6 Å². The first-order valence-corrected chi connectivity index (χ1v) is 11.8. The average molecular weight is 469 g/mol. The van der Waals surface area contributed by atoms with Gasteiger partial charge in [0.05, 0.1) is 26.4 Å². The summed E-state index contributed by atoms with van der Waals surface area (Å²) >= 11 is 0. The van der Waals surface area contributed by atoms with Gasteiger partial charge in [0, 0.05) is 25.0 Å². The molecule has 2 N–H and O–H groups in total. The molecule has 3 atom stereocenters. The number of carboxylic acids is 1. The van der Waals surface area contributed by atoms with Crippen molar-refractivity contribution in [3.63, 3.8) is 0 Å². The summed E-state index contributed by atoms with van der Waals surface area (Å²) in [5.74, 6) is -1.47. The zero-order valence-corrected chi connectivity index (χ0v) is 19.4. The van der Waals surface area contributed by atoms with Crippen LogP contribution in [-0.4, -0.2) is 62.1 Å². The quantitative estimate of drug-likeness (QED) is 0.391. The predicted molar refractivity (Wildman–Crippen MR) is 126 cm³/mol. The minimum atomic E-state index is -1.10. The second-order valence-corrected chi connectivity index (χ2v) is 8.41. The summed E-state index contributed by atoms with van der Waals surface area (Å²) in [4.78, 5) is 11.9. The van der Waals surface area contributed by atoms with Gasteiger partial charge >= 0.3 is 5.97 Å². The Kier molecular flexibility index (Phi) is 8.34. The molecule has 0 unspecified atom stereocenters. The molecule has 0 bridgehead atoms. The van der Waals surface area contributed by atoms with Gasteiger partial charge in [-0.3, -0.25) is 0 Å². The molecule has 2 aromatic rings. The van der Waals surface area contributed by atoms with E-state index in [2.05, 4.69) is 30.3 Å². The normalized spacial score (nSPS) is 20.9. The molecule has 1 aliphatic heterocycles. The summed E-state index contributed by atoms with van der Waals surface area (Å²) in [5, 5.41) is 18.5. The van der Waals surface area contributed by atoms with Gasteiger partial charge in [0.15, 0.2) is 0 Å². The lowest BCUT2D eigenvalue weighted by molar-refractivity contribution is -0.174. The van der Waals surface area contributed by atoms with E-state index in [4.69, 9.17) is 24.1 Å². The van der Waals surface area contributed by atoms with Crippen molar-refractivity contribution in [1.82, 2.24) is 0 Å². The number of hydrogen-bond donors (Lipinski definition) is 2. The number of aliphatic hydroxyl groups excluding tert-OH is 1. The Morgan fingerprint density at radius 2 is 1.79 bits per heavy atom. The van der Waals surface area contributed by atoms with Crippen LogP contribution in [0.1, 0.15) is 36.0 Å². The molecule has 0 spiro atoms. The fraction of sp³-hybridized carbons (Fsp3) is 0.444. The molecular formula is C27H32O7. The number of carbonyl (C=O) groups is 1. The number of fused-ring (bicyclic) bond motifs is 3. The van der Waals surface area contributed by atoms with Crippen molar-refractivity contribution < 1.29 is 34.0 Å². The summed E-state index contributed by atoms with van der Waals surface area (Å²) in [5.41, 5.74) is 6.06. The van der Waals surface area contributed by atoms with E-state index in [1.165, 1.54) is 22.3 Å². The lowest BCUT2D eigenvalue weighted by atomic mass is 9.78. The molecule has 2 aromatic carbocycles. The lowest BCUT2D eigenvalue weighted by Crippen LogP contribution is -2.37. The fourth-order valence-electron chi connectivity index (χ4n) is 4.89. The first-order valence-electron chi connectivity index (χ1n) is 11.8. The first-order chi connectivity index (χ1) is 16.6. The maximum atomic E-state index is 11.9. The highest BCUT2D eigenvalue weighted by Gasteiger charge is 2.39. The van der Waals surface area contributed by atoms with E-state index in [0.29, 0.717) is 39.5 Å². The van der Waals surface area contributed by atoms with Gasteiger partial charge in [-0.1, -0.05) is 42.5 Å². The van der Waals surface area contributed by atoms with Crippen LogP contribution in [0.25, 0.3) is 11.1 Å². The maximum absolute atomic E-state index is 11.9. The summed E-state index contributed by atoms with van der Waals surface area (Å²) in [7, 11) is 0. The van der Waals surface area contributed by atoms with Crippen molar-refractivity contribution in [3.8, 4) is 11.1 Å². The van der Waals surface area contributed by atoms with Crippen LogP contribution < -0.4 is 0 Å². The molecule has 0 amide bonds. The minimum absolute atomic E-state index is 0.0133. The number of rotatable bonds is 12. The van der Waals surface area contributed by atoms with Crippen LogP contribution in [0, 0.1) is 5.92 Å². The number of hydrogen-bond acceptors (Lipinski definition) is 6. The van der Waals surface area contributed by atoms with Crippen molar-refractivity contribution in [1.29, 1.82) is 0 Å². The minimum Gasteiger partial charge on any atom is -0.475 e. The molecule has 0 aromatic heterocycles. The zero-order valence-electron chi connectivity index (χ0n) is 19.4. The molecule has 4 rings (SSSR count). The van der Waals surface area contributed by atoms with Crippen LogP contribution in [0.5, 0.6) is 0 Å². The van der Waals surface area contributed by atoms with Crippen LogP contribution in [-0.2, 0) is 30.2 Å². The Bertz CT molecular complexity index is 1020. The van der Waals surface area contributed by atoms with Crippen LogP contribution in [0.4, 0.5) is 0 Å². The number of carboxylic acid groups (broad SMARTS) is 1. The van der Waals surface area contributed by atoms with E-state index < -0.39 is 12.3 Å². The number of ether oxygens (including phenoxy) is 4. The first kappa shape index (κ1) is 24.4. The molecule has 7 heteroatoms. The molecular weight excluding hydrogens is 436 g/mol. The summed E-state index contributed by atoms with van der Waals surface area (Å²) in [6.45, 7) is 3.85. The number of aliphatic hydroxyl groups is 1. The van der Waals surface area contributed by atoms with Gasteiger partial charge in [0.25, 0.3) is 0 Å². The Morgan fingerprint density at radius 1 is 1.03 bits per heavy atom. The van der Waals surface area contributed by atoms with Crippen LogP contribution >= 0.6 is 0 Å². The predicted octanol–water partition coefficient (Wildman–Crippen LogP) is 3.73. The van der Waals surface area contributed by atoms with Gasteiger partial charge in [0.1, 0.15) is 0 Å². The van der Waals surface area contributed by atoms with Gasteiger partial charge in [0.2, 0.25) is 12.0 Å². The molecule has 34 heavy (non-hydrogen) atoms. The number of aliphatic carboxylic acids is 1. The van der Waals surface area contributed by atoms with Gasteiger partial charge in [-0.2, -0.15) is 0 Å². The molecule has 2 aliphatic rings. The zero-order chi connectivity index (χ0) is 23.9. The van der Waals surface area contributed by atoms with Crippen molar-refractivity contribution in [3.05, 3.63) is 71.0 Å².